The molecule has 2 aromatic carbocycles. The normalized spacial score (nSPS) is 29.0. The molecule has 114 valence electrons. The van der Waals surface area contributed by atoms with Crippen molar-refractivity contribution in [3.05, 3.63) is 59.7 Å². The molecule has 22 heavy (non-hydrogen) atoms. The highest BCUT2D eigenvalue weighted by atomic mass is 33.1. The summed E-state index contributed by atoms with van der Waals surface area (Å²) in [6, 6.07) is 16.9. The lowest BCUT2D eigenvalue weighted by molar-refractivity contribution is 0.414. The Kier molecular flexibility index (Phi) is 3.76. The van der Waals surface area contributed by atoms with Crippen LogP contribution >= 0.6 is 45.1 Å². The van der Waals surface area contributed by atoms with Gasteiger partial charge < -0.3 is 9.47 Å². The van der Waals surface area contributed by atoms with E-state index in [0.29, 0.717) is 0 Å². The van der Waals surface area contributed by atoms with E-state index in [1.54, 1.807) is 14.2 Å². The van der Waals surface area contributed by atoms with Crippen molar-refractivity contribution in [2.75, 3.05) is 14.2 Å². The van der Waals surface area contributed by atoms with Gasteiger partial charge in [0.05, 0.1) is 14.2 Å². The van der Waals surface area contributed by atoms with Gasteiger partial charge in [0.1, 0.15) is 18.3 Å². The number of methoxy groups -OCH3 is 2. The van der Waals surface area contributed by atoms with Crippen LogP contribution in [0.4, 0.5) is 0 Å². The minimum Gasteiger partial charge on any atom is -0.497 e. The summed E-state index contributed by atoms with van der Waals surface area (Å²) >= 11 is 4.06. The maximum Gasteiger partial charge on any atom is 0.147 e. The first kappa shape index (κ1) is 15.0. The fourth-order valence-electron chi connectivity index (χ4n) is 2.46. The molecule has 0 aliphatic carbocycles. The van der Waals surface area contributed by atoms with Gasteiger partial charge in [0.25, 0.3) is 0 Å². The number of thioether (sulfide) groups is 2. The lowest BCUT2D eigenvalue weighted by Crippen LogP contribution is -2.28. The zero-order valence-electron chi connectivity index (χ0n) is 12.1. The fraction of sp³-hybridized carbons (Fsp3) is 0.250. The summed E-state index contributed by atoms with van der Waals surface area (Å²) in [4.78, 5) is 0. The van der Waals surface area contributed by atoms with E-state index in [2.05, 4.69) is 24.3 Å². The second-order valence-corrected chi connectivity index (χ2v) is 11.9. The predicted molar refractivity (Wildman–Crippen MR) is 99.7 cm³/mol. The Morgan fingerprint density at radius 1 is 0.636 bits per heavy atom. The molecule has 3 fully saturated rings. The molecule has 0 unspecified atom stereocenters. The van der Waals surface area contributed by atoms with Gasteiger partial charge in [-0.2, -0.15) is 0 Å². The Morgan fingerprint density at radius 2 is 1.00 bits per heavy atom. The monoisotopic (exact) mass is 366 g/mol. The van der Waals surface area contributed by atoms with Crippen LogP contribution < -0.4 is 9.47 Å². The van der Waals surface area contributed by atoms with Crippen LogP contribution in [-0.4, -0.2) is 14.2 Å². The first-order chi connectivity index (χ1) is 10.7. The Bertz CT molecular complexity index is 619. The van der Waals surface area contributed by atoms with Gasteiger partial charge in [-0.05, 0) is 35.4 Å². The van der Waals surface area contributed by atoms with Crippen LogP contribution in [0.15, 0.2) is 48.5 Å². The molecule has 0 amide bonds. The molecule has 2 bridgehead atoms. The number of hydrogen-bond donors (Lipinski definition) is 0. The van der Waals surface area contributed by atoms with Crippen LogP contribution in [0.2, 0.25) is 0 Å². The molecule has 0 saturated carbocycles. The Hall–Kier alpha value is -0.560. The largest absolute Gasteiger partial charge is 0.497 e. The smallest absolute Gasteiger partial charge is 0.147 e. The highest BCUT2D eigenvalue weighted by molar-refractivity contribution is 8.91. The first-order valence-corrected chi connectivity index (χ1v) is 10.5. The maximum atomic E-state index is 5.25. The number of hydrogen-bond acceptors (Lipinski definition) is 6. The molecule has 2 aromatic rings. The minimum absolute atomic E-state index is 0.108. The molecule has 3 heterocycles. The highest BCUT2D eigenvalue weighted by Gasteiger charge is 2.66. The van der Waals surface area contributed by atoms with E-state index in [1.807, 2.05) is 69.4 Å². The van der Waals surface area contributed by atoms with Crippen LogP contribution in [-0.2, 0) is 6.82 Å². The summed E-state index contributed by atoms with van der Waals surface area (Å²) in [5, 5.41) is 0. The van der Waals surface area contributed by atoms with Crippen LogP contribution in [0, 0.1) is 0 Å². The van der Waals surface area contributed by atoms with Gasteiger partial charge in [-0.1, -0.05) is 69.4 Å². The van der Waals surface area contributed by atoms with Crippen molar-refractivity contribution in [2.24, 2.45) is 0 Å². The third-order valence-electron chi connectivity index (χ3n) is 3.69. The highest BCUT2D eigenvalue weighted by Crippen LogP contribution is 2.92. The summed E-state index contributed by atoms with van der Waals surface area (Å²) < 4.78 is 10.7. The van der Waals surface area contributed by atoms with Crippen molar-refractivity contribution >= 4 is 45.1 Å². The van der Waals surface area contributed by atoms with Crippen molar-refractivity contribution in [1.82, 2.24) is 0 Å². The fourth-order valence-corrected chi connectivity index (χ4v) is 12.8. The second kappa shape index (κ2) is 5.51. The predicted octanol–water partition coefficient (Wildman–Crippen LogP) is 5.50. The molecular formula is C16H14O2S4. The van der Waals surface area contributed by atoms with Crippen molar-refractivity contribution in [2.45, 2.75) is 6.82 Å². The van der Waals surface area contributed by atoms with Gasteiger partial charge in [-0.25, -0.2) is 0 Å². The Balaban J connectivity index is 1.57. The molecule has 0 aromatic heterocycles. The van der Waals surface area contributed by atoms with Crippen LogP contribution in [0.3, 0.4) is 0 Å². The van der Waals surface area contributed by atoms with Gasteiger partial charge in [0.2, 0.25) is 0 Å². The standard InChI is InChI=1S/C16H14O2S4/c1-17-13-7-3-11(4-8-13)15-19-16(20-15,22-21-15)12-5-9-14(18-2)10-6-12/h3-10H,1-2H3. The average molecular weight is 367 g/mol. The molecule has 2 nitrogen and oxygen atoms in total. The first-order valence-electron chi connectivity index (χ1n) is 6.76. The summed E-state index contributed by atoms with van der Waals surface area (Å²) in [5.41, 5.74) is 2.70. The van der Waals surface area contributed by atoms with Gasteiger partial charge in [0.15, 0.2) is 0 Å². The van der Waals surface area contributed by atoms with E-state index in [9.17, 15) is 0 Å². The second-order valence-electron chi connectivity index (χ2n) is 4.94. The third kappa shape index (κ3) is 2.23. The molecule has 6 heteroatoms. The van der Waals surface area contributed by atoms with E-state index in [-0.39, 0.29) is 6.82 Å². The number of rotatable bonds is 4. The summed E-state index contributed by atoms with van der Waals surface area (Å²) in [6.45, 7) is 0. The zero-order valence-corrected chi connectivity index (χ0v) is 15.3. The minimum atomic E-state index is 0.108. The van der Waals surface area contributed by atoms with E-state index in [4.69, 9.17) is 9.47 Å². The molecule has 3 saturated heterocycles. The maximum absolute atomic E-state index is 5.25. The SMILES string of the molecule is COc1ccc(C23SSC(c4ccc(OC)cc4)(S2)S3)cc1. The van der Waals surface area contributed by atoms with Crippen molar-refractivity contribution in [3.8, 4) is 11.5 Å². The molecule has 3 aliphatic heterocycles. The van der Waals surface area contributed by atoms with Gasteiger partial charge in [0, 0.05) is 0 Å². The lowest BCUT2D eigenvalue weighted by Gasteiger charge is -2.43. The summed E-state index contributed by atoms with van der Waals surface area (Å²) in [5.74, 6) is 1.82. The van der Waals surface area contributed by atoms with Gasteiger partial charge in [-0.15, -0.1) is 0 Å². The molecule has 0 radical (unpaired) electrons. The number of benzene rings is 2. The number of ether oxygens (including phenoxy) is 2. The molecule has 0 N–H and O–H groups in total. The Morgan fingerprint density at radius 3 is 1.32 bits per heavy atom. The average Bonchev–Trinajstić information content (AvgIpc) is 3.13. The van der Waals surface area contributed by atoms with Crippen LogP contribution in [0.1, 0.15) is 11.1 Å². The summed E-state index contributed by atoms with van der Waals surface area (Å²) in [6.07, 6.45) is 0. The van der Waals surface area contributed by atoms with E-state index in [1.165, 1.54) is 11.1 Å². The Labute approximate surface area is 146 Å². The quantitative estimate of drug-likeness (QED) is 0.660. The molecule has 0 atom stereocenters. The molecule has 3 aliphatic rings. The topological polar surface area (TPSA) is 18.5 Å². The van der Waals surface area contributed by atoms with E-state index >= 15 is 0 Å². The third-order valence-corrected chi connectivity index (χ3v) is 12.7. The van der Waals surface area contributed by atoms with Gasteiger partial charge >= 0.3 is 0 Å². The lowest BCUT2D eigenvalue weighted by atomic mass is 10.2. The van der Waals surface area contributed by atoms with Crippen molar-refractivity contribution in [1.29, 1.82) is 0 Å². The molecule has 5 rings (SSSR count). The molecule has 0 spiro atoms. The van der Waals surface area contributed by atoms with Crippen LogP contribution in [0.5, 0.6) is 11.5 Å². The molecular weight excluding hydrogens is 352 g/mol. The zero-order chi connectivity index (χ0) is 15.2. The summed E-state index contributed by atoms with van der Waals surface area (Å²) in [7, 11) is 7.33. The number of fused-ring (bicyclic) bond motifs is 1. The van der Waals surface area contributed by atoms with Crippen LogP contribution in [0.25, 0.3) is 0 Å². The van der Waals surface area contributed by atoms with Gasteiger partial charge in [-0.3, -0.25) is 0 Å². The van der Waals surface area contributed by atoms with E-state index < -0.39 is 0 Å². The van der Waals surface area contributed by atoms with Crippen molar-refractivity contribution in [3.63, 3.8) is 0 Å². The van der Waals surface area contributed by atoms with E-state index in [0.717, 1.165) is 11.5 Å². The van der Waals surface area contributed by atoms with Crippen molar-refractivity contribution < 1.29 is 9.47 Å².